The summed E-state index contributed by atoms with van der Waals surface area (Å²) in [7, 11) is 1.62. The van der Waals surface area contributed by atoms with Crippen molar-refractivity contribution >= 4 is 34.4 Å². The summed E-state index contributed by atoms with van der Waals surface area (Å²) >= 11 is 6.33. The summed E-state index contributed by atoms with van der Waals surface area (Å²) in [5.74, 6) is 1.12. The molecule has 158 valence electrons. The van der Waals surface area contributed by atoms with Gasteiger partial charge < -0.3 is 26.1 Å². The molecule has 0 unspecified atom stereocenters. The van der Waals surface area contributed by atoms with Gasteiger partial charge in [-0.1, -0.05) is 11.6 Å². The fourth-order valence-corrected chi connectivity index (χ4v) is 4.17. The smallest absolute Gasteiger partial charge is 0.231 e. The maximum absolute atomic E-state index is 10.9. The maximum Gasteiger partial charge on any atom is 0.231 e. The average molecular weight is 429 g/mol. The van der Waals surface area contributed by atoms with Gasteiger partial charge in [-0.15, -0.1) is 0 Å². The van der Waals surface area contributed by atoms with Crippen LogP contribution >= 0.6 is 11.6 Å². The second-order valence-corrected chi connectivity index (χ2v) is 7.96. The van der Waals surface area contributed by atoms with Gasteiger partial charge in [0.1, 0.15) is 22.4 Å². The summed E-state index contributed by atoms with van der Waals surface area (Å²) in [6, 6.07) is 6.44. The average Bonchev–Trinajstić information content (AvgIpc) is 3.16. The van der Waals surface area contributed by atoms with Crippen molar-refractivity contribution in [1.82, 2.24) is 20.3 Å². The lowest BCUT2D eigenvalue weighted by molar-refractivity contribution is -0.117. The van der Waals surface area contributed by atoms with Gasteiger partial charge in [-0.05, 0) is 49.4 Å². The van der Waals surface area contributed by atoms with Crippen LogP contribution in [0.5, 0.6) is 5.75 Å². The SMILES string of the molecule is COc1cnc2[nH]cc(-c3cc(Cl)nc(NC4CCC(NCC(N)=O)CC4)c3)c2c1. The minimum Gasteiger partial charge on any atom is -0.495 e. The molecule has 1 saturated carbocycles. The number of carbonyl (C=O) groups is 1. The van der Waals surface area contributed by atoms with Crippen LogP contribution in [-0.2, 0) is 4.79 Å². The molecule has 0 spiro atoms. The number of carbonyl (C=O) groups excluding carboxylic acids is 1. The number of hydrogen-bond acceptors (Lipinski definition) is 6. The van der Waals surface area contributed by atoms with E-state index in [2.05, 4.69) is 25.6 Å². The first-order chi connectivity index (χ1) is 14.5. The number of aromatic amines is 1. The molecule has 0 aromatic carbocycles. The van der Waals surface area contributed by atoms with Gasteiger partial charge in [0.25, 0.3) is 0 Å². The Balaban J connectivity index is 1.49. The molecule has 30 heavy (non-hydrogen) atoms. The quantitative estimate of drug-likeness (QED) is 0.429. The fourth-order valence-electron chi connectivity index (χ4n) is 3.96. The Labute approximate surface area is 179 Å². The molecule has 3 aromatic heterocycles. The number of H-pyrrole nitrogens is 1. The van der Waals surface area contributed by atoms with Gasteiger partial charge in [0, 0.05) is 29.2 Å². The zero-order valence-corrected chi connectivity index (χ0v) is 17.5. The number of aromatic nitrogens is 3. The van der Waals surface area contributed by atoms with E-state index in [1.807, 2.05) is 24.4 Å². The Morgan fingerprint density at radius 1 is 1.27 bits per heavy atom. The van der Waals surface area contributed by atoms with Gasteiger partial charge in [-0.3, -0.25) is 4.79 Å². The van der Waals surface area contributed by atoms with Crippen molar-refractivity contribution in [3.05, 3.63) is 35.7 Å². The van der Waals surface area contributed by atoms with Crippen LogP contribution in [-0.4, -0.2) is 46.6 Å². The van der Waals surface area contributed by atoms with E-state index in [0.717, 1.165) is 53.7 Å². The van der Waals surface area contributed by atoms with Crippen LogP contribution in [0.3, 0.4) is 0 Å². The molecule has 8 nitrogen and oxygen atoms in total. The van der Waals surface area contributed by atoms with E-state index < -0.39 is 0 Å². The third-order valence-corrected chi connectivity index (χ3v) is 5.68. The summed E-state index contributed by atoms with van der Waals surface area (Å²) < 4.78 is 5.31. The van der Waals surface area contributed by atoms with Gasteiger partial charge in [-0.25, -0.2) is 9.97 Å². The third-order valence-electron chi connectivity index (χ3n) is 5.49. The van der Waals surface area contributed by atoms with Crippen molar-refractivity contribution in [2.45, 2.75) is 37.8 Å². The minimum absolute atomic E-state index is 0.228. The zero-order chi connectivity index (χ0) is 21.1. The second kappa shape index (κ2) is 8.89. The first-order valence-electron chi connectivity index (χ1n) is 9.99. The van der Waals surface area contributed by atoms with Crippen LogP contribution in [0.15, 0.2) is 30.6 Å². The van der Waals surface area contributed by atoms with Crippen LogP contribution in [0, 0.1) is 0 Å². The number of fused-ring (bicyclic) bond motifs is 1. The molecule has 0 saturated heterocycles. The van der Waals surface area contributed by atoms with Gasteiger partial charge in [0.2, 0.25) is 5.91 Å². The Kier molecular flexibility index (Phi) is 6.06. The molecular formula is C21H25ClN6O2. The van der Waals surface area contributed by atoms with Crippen LogP contribution in [0.1, 0.15) is 25.7 Å². The molecule has 0 bridgehead atoms. The number of halogens is 1. The first kappa shape index (κ1) is 20.4. The molecule has 0 radical (unpaired) electrons. The van der Waals surface area contributed by atoms with Gasteiger partial charge >= 0.3 is 0 Å². The Hall–Kier alpha value is -2.84. The Morgan fingerprint density at radius 3 is 2.77 bits per heavy atom. The predicted octanol–water partition coefficient (Wildman–Crippen LogP) is 3.08. The van der Waals surface area contributed by atoms with Crippen molar-refractivity contribution in [3.8, 4) is 16.9 Å². The predicted molar refractivity (Wildman–Crippen MR) is 118 cm³/mol. The van der Waals surface area contributed by atoms with Crippen molar-refractivity contribution in [3.63, 3.8) is 0 Å². The lowest BCUT2D eigenvalue weighted by Gasteiger charge is -2.30. The lowest BCUT2D eigenvalue weighted by atomic mass is 9.91. The van der Waals surface area contributed by atoms with E-state index in [0.29, 0.717) is 23.0 Å². The standard InChI is InChI=1S/C21H25ClN6O2/c1-30-15-8-16-17(10-26-21(16)25-9-15)12-6-18(22)28-20(7-12)27-14-4-2-13(3-5-14)24-11-19(23)29/h6-10,13-14,24H,2-5,11H2,1H3,(H2,23,29)(H,25,26)(H,27,28). The van der Waals surface area contributed by atoms with E-state index in [-0.39, 0.29) is 12.5 Å². The number of amides is 1. The van der Waals surface area contributed by atoms with Crippen LogP contribution in [0.2, 0.25) is 5.15 Å². The molecule has 4 rings (SSSR count). The molecule has 3 aromatic rings. The highest BCUT2D eigenvalue weighted by Crippen LogP contribution is 2.33. The fraction of sp³-hybridized carbons (Fsp3) is 0.381. The number of nitrogens with zero attached hydrogens (tertiary/aromatic N) is 2. The molecule has 3 heterocycles. The number of methoxy groups -OCH3 is 1. The topological polar surface area (TPSA) is 118 Å². The largest absolute Gasteiger partial charge is 0.495 e. The third kappa shape index (κ3) is 4.66. The highest BCUT2D eigenvalue weighted by Gasteiger charge is 2.22. The summed E-state index contributed by atoms with van der Waals surface area (Å²) in [4.78, 5) is 23.0. The molecule has 1 aliphatic carbocycles. The molecule has 1 aliphatic rings. The molecule has 1 amide bonds. The van der Waals surface area contributed by atoms with Gasteiger partial charge in [-0.2, -0.15) is 0 Å². The molecule has 1 fully saturated rings. The number of hydrogen-bond donors (Lipinski definition) is 4. The molecular weight excluding hydrogens is 404 g/mol. The lowest BCUT2D eigenvalue weighted by Crippen LogP contribution is -2.40. The number of nitrogens with one attached hydrogen (secondary N) is 3. The number of rotatable bonds is 7. The normalized spacial score (nSPS) is 19.0. The van der Waals surface area contributed by atoms with Crippen molar-refractivity contribution in [2.75, 3.05) is 19.0 Å². The van der Waals surface area contributed by atoms with Gasteiger partial charge in [0.05, 0.1) is 19.9 Å². The number of primary amides is 1. The van der Waals surface area contributed by atoms with E-state index in [9.17, 15) is 4.79 Å². The zero-order valence-electron chi connectivity index (χ0n) is 16.7. The van der Waals surface area contributed by atoms with Gasteiger partial charge in [0.15, 0.2) is 0 Å². The monoisotopic (exact) mass is 428 g/mol. The van der Waals surface area contributed by atoms with Crippen molar-refractivity contribution < 1.29 is 9.53 Å². The van der Waals surface area contributed by atoms with Crippen LogP contribution < -0.4 is 21.1 Å². The molecule has 5 N–H and O–H groups in total. The first-order valence-corrected chi connectivity index (χ1v) is 10.4. The molecule has 0 atom stereocenters. The highest BCUT2D eigenvalue weighted by atomic mass is 35.5. The van der Waals surface area contributed by atoms with Crippen LogP contribution in [0.25, 0.3) is 22.2 Å². The van der Waals surface area contributed by atoms with Crippen LogP contribution in [0.4, 0.5) is 5.82 Å². The van der Waals surface area contributed by atoms with E-state index >= 15 is 0 Å². The van der Waals surface area contributed by atoms with E-state index in [1.165, 1.54) is 0 Å². The summed E-state index contributed by atoms with van der Waals surface area (Å²) in [6.45, 7) is 0.228. The molecule has 9 heteroatoms. The maximum atomic E-state index is 10.9. The van der Waals surface area contributed by atoms with Crippen molar-refractivity contribution in [2.24, 2.45) is 5.73 Å². The summed E-state index contributed by atoms with van der Waals surface area (Å²) in [5.41, 5.74) is 7.94. The number of pyridine rings is 2. The van der Waals surface area contributed by atoms with E-state index in [1.54, 1.807) is 13.3 Å². The highest BCUT2D eigenvalue weighted by molar-refractivity contribution is 6.29. The molecule has 0 aliphatic heterocycles. The Bertz CT molecular complexity index is 1050. The number of anilines is 1. The minimum atomic E-state index is -0.323. The summed E-state index contributed by atoms with van der Waals surface area (Å²) in [5, 5.41) is 8.11. The van der Waals surface area contributed by atoms with E-state index in [4.69, 9.17) is 22.1 Å². The van der Waals surface area contributed by atoms with Crippen molar-refractivity contribution in [1.29, 1.82) is 0 Å². The number of nitrogens with two attached hydrogens (primary N) is 1. The summed E-state index contributed by atoms with van der Waals surface area (Å²) in [6.07, 6.45) is 7.52. The number of ether oxygens (including phenoxy) is 1. The Morgan fingerprint density at radius 2 is 2.03 bits per heavy atom. The second-order valence-electron chi connectivity index (χ2n) is 7.58.